The lowest BCUT2D eigenvalue weighted by Crippen LogP contribution is -1.83. The van der Waals surface area contributed by atoms with Crippen molar-refractivity contribution in [2.75, 3.05) is 0 Å². The van der Waals surface area contributed by atoms with E-state index in [4.69, 9.17) is 16.1 Å². The summed E-state index contributed by atoms with van der Waals surface area (Å²) in [6, 6.07) is 11.8. The van der Waals surface area contributed by atoms with Crippen molar-refractivity contribution in [2.45, 2.75) is 6.92 Å². The minimum absolute atomic E-state index is 0.240. The van der Waals surface area contributed by atoms with Gasteiger partial charge in [-0.15, -0.1) is 0 Å². The van der Waals surface area contributed by atoms with Crippen molar-refractivity contribution in [1.82, 2.24) is 10.1 Å². The van der Waals surface area contributed by atoms with Crippen LogP contribution in [0.1, 0.15) is 5.56 Å². The van der Waals surface area contributed by atoms with Gasteiger partial charge in [0.2, 0.25) is 5.82 Å². The van der Waals surface area contributed by atoms with Crippen molar-refractivity contribution in [3.63, 3.8) is 0 Å². The zero-order valence-corrected chi connectivity index (χ0v) is 11.4. The first-order valence-electron chi connectivity index (χ1n) is 5.99. The topological polar surface area (TPSA) is 38.9 Å². The number of benzene rings is 2. The van der Waals surface area contributed by atoms with Crippen molar-refractivity contribution in [3.05, 3.63) is 58.9 Å². The quantitative estimate of drug-likeness (QED) is 0.696. The Kier molecular flexibility index (Phi) is 3.24. The Labute approximate surface area is 120 Å². The highest BCUT2D eigenvalue weighted by atomic mass is 35.5. The van der Waals surface area contributed by atoms with Gasteiger partial charge in [-0.2, -0.15) is 4.98 Å². The second-order valence-electron chi connectivity index (χ2n) is 4.41. The van der Waals surface area contributed by atoms with Crippen LogP contribution in [-0.4, -0.2) is 10.1 Å². The zero-order chi connectivity index (χ0) is 14.1. The molecule has 1 aromatic heterocycles. The summed E-state index contributed by atoms with van der Waals surface area (Å²) in [6.07, 6.45) is 0. The van der Waals surface area contributed by atoms with Gasteiger partial charge in [-0.25, -0.2) is 4.39 Å². The summed E-state index contributed by atoms with van der Waals surface area (Å²) in [4.78, 5) is 4.29. The monoisotopic (exact) mass is 288 g/mol. The molecule has 0 fully saturated rings. The number of hydrogen-bond acceptors (Lipinski definition) is 3. The summed E-state index contributed by atoms with van der Waals surface area (Å²) < 4.78 is 18.2. The fourth-order valence-electron chi connectivity index (χ4n) is 1.82. The van der Waals surface area contributed by atoms with E-state index in [9.17, 15) is 4.39 Å². The summed E-state index contributed by atoms with van der Waals surface area (Å²) in [5.41, 5.74) is 2.52. The molecule has 0 atom stereocenters. The molecule has 0 saturated heterocycles. The average Bonchev–Trinajstić information content (AvgIpc) is 2.89. The van der Waals surface area contributed by atoms with E-state index in [1.807, 2.05) is 31.2 Å². The van der Waals surface area contributed by atoms with Gasteiger partial charge in [-0.05, 0) is 25.1 Å². The van der Waals surface area contributed by atoms with E-state index in [2.05, 4.69) is 10.1 Å². The van der Waals surface area contributed by atoms with E-state index in [0.717, 1.165) is 11.1 Å². The largest absolute Gasteiger partial charge is 0.334 e. The Morgan fingerprint density at radius 2 is 1.85 bits per heavy atom. The molecular formula is C15H10ClFN2O. The molecule has 20 heavy (non-hydrogen) atoms. The minimum Gasteiger partial charge on any atom is -0.334 e. The fraction of sp³-hybridized carbons (Fsp3) is 0.0667. The van der Waals surface area contributed by atoms with Gasteiger partial charge < -0.3 is 4.52 Å². The van der Waals surface area contributed by atoms with Crippen LogP contribution >= 0.6 is 11.6 Å². The summed E-state index contributed by atoms with van der Waals surface area (Å²) in [6.45, 7) is 2.00. The van der Waals surface area contributed by atoms with Crippen LogP contribution in [0.2, 0.25) is 5.02 Å². The van der Waals surface area contributed by atoms with Crippen LogP contribution in [0, 0.1) is 12.7 Å². The molecule has 0 unspecified atom stereocenters. The SMILES string of the molecule is Cc1ccc(-c2noc(-c3ccc(F)cc3Cl)n2)cc1. The van der Waals surface area contributed by atoms with Gasteiger partial charge in [0.15, 0.2) is 0 Å². The van der Waals surface area contributed by atoms with E-state index in [1.54, 1.807) is 0 Å². The van der Waals surface area contributed by atoms with Gasteiger partial charge in [0, 0.05) is 5.56 Å². The number of hydrogen-bond donors (Lipinski definition) is 0. The number of aryl methyl sites for hydroxylation is 1. The first kappa shape index (κ1) is 12.8. The fourth-order valence-corrected chi connectivity index (χ4v) is 2.06. The predicted octanol–water partition coefficient (Wildman–Crippen LogP) is 4.50. The molecule has 0 aliphatic carbocycles. The second-order valence-corrected chi connectivity index (χ2v) is 4.82. The highest BCUT2D eigenvalue weighted by Gasteiger charge is 2.13. The van der Waals surface area contributed by atoms with E-state index < -0.39 is 5.82 Å². The predicted molar refractivity (Wildman–Crippen MR) is 74.9 cm³/mol. The molecule has 0 N–H and O–H groups in total. The van der Waals surface area contributed by atoms with Crippen LogP contribution in [0.25, 0.3) is 22.8 Å². The lowest BCUT2D eigenvalue weighted by Gasteiger charge is -1.97. The average molecular weight is 289 g/mol. The van der Waals surface area contributed by atoms with Crippen LogP contribution in [0.5, 0.6) is 0 Å². The zero-order valence-electron chi connectivity index (χ0n) is 10.6. The van der Waals surface area contributed by atoms with Crippen LogP contribution in [0.3, 0.4) is 0 Å². The summed E-state index contributed by atoms with van der Waals surface area (Å²) in [7, 11) is 0. The van der Waals surface area contributed by atoms with Crippen molar-refractivity contribution in [2.24, 2.45) is 0 Å². The Morgan fingerprint density at radius 1 is 1.10 bits per heavy atom. The van der Waals surface area contributed by atoms with Crippen molar-refractivity contribution in [1.29, 1.82) is 0 Å². The number of halogens is 2. The summed E-state index contributed by atoms with van der Waals surface area (Å²) >= 11 is 5.97. The van der Waals surface area contributed by atoms with Gasteiger partial charge in [0.05, 0.1) is 10.6 Å². The number of nitrogens with zero attached hydrogens (tertiary/aromatic N) is 2. The van der Waals surface area contributed by atoms with E-state index in [-0.39, 0.29) is 10.9 Å². The summed E-state index contributed by atoms with van der Waals surface area (Å²) in [5, 5.41) is 4.16. The molecule has 0 saturated carbocycles. The molecule has 0 aliphatic rings. The molecule has 5 heteroatoms. The maximum Gasteiger partial charge on any atom is 0.259 e. The molecule has 0 spiro atoms. The van der Waals surface area contributed by atoms with Crippen LogP contribution in [0.4, 0.5) is 4.39 Å². The molecule has 1 heterocycles. The van der Waals surface area contributed by atoms with Crippen molar-refractivity contribution < 1.29 is 8.91 Å². The van der Waals surface area contributed by atoms with Crippen molar-refractivity contribution in [3.8, 4) is 22.8 Å². The highest BCUT2D eigenvalue weighted by molar-refractivity contribution is 6.33. The molecule has 3 rings (SSSR count). The lowest BCUT2D eigenvalue weighted by molar-refractivity contribution is 0.432. The molecule has 2 aromatic carbocycles. The maximum atomic E-state index is 13.0. The molecule has 0 radical (unpaired) electrons. The molecule has 0 aliphatic heterocycles. The maximum absolute atomic E-state index is 13.0. The smallest absolute Gasteiger partial charge is 0.259 e. The minimum atomic E-state index is -0.406. The molecule has 0 bridgehead atoms. The van der Waals surface area contributed by atoms with Gasteiger partial charge >= 0.3 is 0 Å². The highest BCUT2D eigenvalue weighted by Crippen LogP contribution is 2.28. The Hall–Kier alpha value is -2.20. The number of aromatic nitrogens is 2. The first-order valence-corrected chi connectivity index (χ1v) is 6.37. The van der Waals surface area contributed by atoms with Crippen LogP contribution in [-0.2, 0) is 0 Å². The molecular weight excluding hydrogens is 279 g/mol. The number of rotatable bonds is 2. The molecule has 3 nitrogen and oxygen atoms in total. The van der Waals surface area contributed by atoms with Gasteiger partial charge in [0.25, 0.3) is 5.89 Å². The standard InChI is InChI=1S/C15H10ClFN2O/c1-9-2-4-10(5-3-9)14-18-15(20-19-14)12-7-6-11(17)8-13(12)16/h2-8H,1H3. The third-order valence-corrected chi connectivity index (χ3v) is 3.21. The van der Waals surface area contributed by atoms with Gasteiger partial charge in [-0.1, -0.05) is 46.6 Å². The van der Waals surface area contributed by atoms with Crippen LogP contribution < -0.4 is 0 Å². The van der Waals surface area contributed by atoms with Gasteiger partial charge in [0.1, 0.15) is 5.82 Å². The third-order valence-electron chi connectivity index (χ3n) is 2.90. The Bertz CT molecular complexity index is 753. The molecule has 0 amide bonds. The third kappa shape index (κ3) is 2.42. The lowest BCUT2D eigenvalue weighted by atomic mass is 10.1. The summed E-state index contributed by atoms with van der Waals surface area (Å²) in [5.74, 6) is 0.336. The van der Waals surface area contributed by atoms with Crippen molar-refractivity contribution >= 4 is 11.6 Å². The van der Waals surface area contributed by atoms with E-state index in [0.29, 0.717) is 11.4 Å². The molecule has 100 valence electrons. The van der Waals surface area contributed by atoms with E-state index in [1.165, 1.54) is 18.2 Å². The van der Waals surface area contributed by atoms with Gasteiger partial charge in [-0.3, -0.25) is 0 Å². The van der Waals surface area contributed by atoms with E-state index >= 15 is 0 Å². The molecule has 3 aromatic rings. The first-order chi connectivity index (χ1) is 9.63. The van der Waals surface area contributed by atoms with Crippen LogP contribution in [0.15, 0.2) is 47.0 Å². The normalized spacial score (nSPS) is 10.8. The second kappa shape index (κ2) is 5.06. The Balaban J connectivity index is 1.99. The Morgan fingerprint density at radius 3 is 2.55 bits per heavy atom.